The van der Waals surface area contributed by atoms with Gasteiger partial charge in [-0.2, -0.15) is 10.2 Å². The standard InChI is InChI=1S/C15H20N6O4/c1-8(2)5-16-14(23)12-10(7-18-21(12)4)19-13(22)9-6-17-20(3)11(9)15(24)25/h6-8H,5H2,1-4H3,(H,16,23)(H,19,22)(H,24,25). The van der Waals surface area contributed by atoms with Crippen molar-refractivity contribution in [3.05, 3.63) is 29.3 Å². The molecule has 2 heterocycles. The SMILES string of the molecule is CC(C)CNC(=O)c1c(NC(=O)c2cnn(C)c2C(=O)O)cnn1C. The maximum absolute atomic E-state index is 12.4. The Morgan fingerprint density at radius 2 is 1.68 bits per heavy atom. The van der Waals surface area contributed by atoms with Gasteiger partial charge in [0.2, 0.25) is 0 Å². The van der Waals surface area contributed by atoms with Crippen molar-refractivity contribution >= 4 is 23.5 Å². The van der Waals surface area contributed by atoms with Gasteiger partial charge in [0.05, 0.1) is 23.6 Å². The lowest BCUT2D eigenvalue weighted by atomic mass is 10.2. The van der Waals surface area contributed by atoms with Crippen LogP contribution in [-0.4, -0.2) is 49.0 Å². The van der Waals surface area contributed by atoms with Crippen LogP contribution in [0.5, 0.6) is 0 Å². The first-order valence-electron chi connectivity index (χ1n) is 7.59. The van der Waals surface area contributed by atoms with Gasteiger partial charge in [0, 0.05) is 20.6 Å². The normalized spacial score (nSPS) is 10.8. The molecule has 0 bridgehead atoms. The Bertz CT molecular complexity index is 820. The highest BCUT2D eigenvalue weighted by molar-refractivity contribution is 6.12. The molecule has 0 atom stereocenters. The quantitative estimate of drug-likeness (QED) is 0.696. The molecule has 0 aliphatic heterocycles. The topological polar surface area (TPSA) is 131 Å². The second-order valence-electron chi connectivity index (χ2n) is 5.92. The zero-order valence-electron chi connectivity index (χ0n) is 14.4. The highest BCUT2D eigenvalue weighted by atomic mass is 16.4. The summed E-state index contributed by atoms with van der Waals surface area (Å²) in [6.07, 6.45) is 2.49. The van der Waals surface area contributed by atoms with Crippen molar-refractivity contribution in [2.24, 2.45) is 20.0 Å². The van der Waals surface area contributed by atoms with Crippen LogP contribution in [0.3, 0.4) is 0 Å². The van der Waals surface area contributed by atoms with Gasteiger partial charge in [-0.15, -0.1) is 0 Å². The van der Waals surface area contributed by atoms with E-state index in [0.717, 1.165) is 10.9 Å². The molecule has 0 fully saturated rings. The van der Waals surface area contributed by atoms with Gasteiger partial charge in [0.1, 0.15) is 5.69 Å². The summed E-state index contributed by atoms with van der Waals surface area (Å²) >= 11 is 0. The van der Waals surface area contributed by atoms with Crippen molar-refractivity contribution in [1.29, 1.82) is 0 Å². The number of aryl methyl sites for hydroxylation is 2. The Kier molecular flexibility index (Phi) is 5.20. The fourth-order valence-corrected chi connectivity index (χ4v) is 2.23. The summed E-state index contributed by atoms with van der Waals surface area (Å²) in [7, 11) is 3.00. The number of nitrogens with zero attached hydrogens (tertiary/aromatic N) is 4. The third-order valence-corrected chi connectivity index (χ3v) is 3.46. The number of nitrogens with one attached hydrogen (secondary N) is 2. The molecule has 2 rings (SSSR count). The number of carboxylic acid groups (broad SMARTS) is 1. The maximum atomic E-state index is 12.4. The number of aromatic nitrogens is 4. The molecule has 0 aromatic carbocycles. The highest BCUT2D eigenvalue weighted by Crippen LogP contribution is 2.17. The monoisotopic (exact) mass is 348 g/mol. The van der Waals surface area contributed by atoms with E-state index < -0.39 is 11.9 Å². The van der Waals surface area contributed by atoms with Gasteiger partial charge < -0.3 is 15.7 Å². The molecule has 10 heteroatoms. The number of hydrogen-bond acceptors (Lipinski definition) is 5. The summed E-state index contributed by atoms with van der Waals surface area (Å²) in [5.74, 6) is -2.07. The molecule has 0 saturated carbocycles. The summed E-state index contributed by atoms with van der Waals surface area (Å²) in [6, 6.07) is 0. The van der Waals surface area contributed by atoms with E-state index in [9.17, 15) is 19.5 Å². The van der Waals surface area contributed by atoms with E-state index >= 15 is 0 Å². The van der Waals surface area contributed by atoms with Crippen LogP contribution in [-0.2, 0) is 14.1 Å². The van der Waals surface area contributed by atoms with Crippen LogP contribution in [0.4, 0.5) is 5.69 Å². The Hall–Kier alpha value is -3.17. The fourth-order valence-electron chi connectivity index (χ4n) is 2.23. The fraction of sp³-hybridized carbons (Fsp3) is 0.400. The van der Waals surface area contributed by atoms with E-state index in [1.165, 1.54) is 17.9 Å². The zero-order valence-corrected chi connectivity index (χ0v) is 14.4. The van der Waals surface area contributed by atoms with Crippen molar-refractivity contribution < 1.29 is 19.5 Å². The lowest BCUT2D eigenvalue weighted by Gasteiger charge is -2.10. The Balaban J connectivity index is 2.25. The number of aromatic carboxylic acids is 1. The zero-order chi connectivity index (χ0) is 18.7. The smallest absolute Gasteiger partial charge is 0.354 e. The van der Waals surface area contributed by atoms with Crippen LogP contribution in [0.2, 0.25) is 0 Å². The molecule has 0 aliphatic carbocycles. The summed E-state index contributed by atoms with van der Waals surface area (Å²) < 4.78 is 2.43. The van der Waals surface area contributed by atoms with Crippen molar-refractivity contribution in [3.8, 4) is 0 Å². The summed E-state index contributed by atoms with van der Waals surface area (Å²) in [5.41, 5.74) is 0.0169. The third-order valence-electron chi connectivity index (χ3n) is 3.46. The van der Waals surface area contributed by atoms with Crippen molar-refractivity contribution in [2.45, 2.75) is 13.8 Å². The highest BCUT2D eigenvalue weighted by Gasteiger charge is 2.24. The van der Waals surface area contributed by atoms with E-state index in [1.54, 1.807) is 7.05 Å². The predicted octanol–water partition coefficient (Wildman–Crippen LogP) is 0.490. The molecule has 0 saturated heterocycles. The molecule has 3 N–H and O–H groups in total. The van der Waals surface area contributed by atoms with Gasteiger partial charge in [-0.1, -0.05) is 13.8 Å². The second kappa shape index (κ2) is 7.16. The van der Waals surface area contributed by atoms with Crippen molar-refractivity contribution in [2.75, 3.05) is 11.9 Å². The van der Waals surface area contributed by atoms with Crippen LogP contribution in [0.25, 0.3) is 0 Å². The predicted molar refractivity (Wildman–Crippen MR) is 88.5 cm³/mol. The summed E-state index contributed by atoms with van der Waals surface area (Å²) in [4.78, 5) is 36.0. The Morgan fingerprint density at radius 3 is 2.28 bits per heavy atom. The molecule has 10 nitrogen and oxygen atoms in total. The second-order valence-corrected chi connectivity index (χ2v) is 5.92. The molecule has 0 aliphatic rings. The first-order chi connectivity index (χ1) is 11.7. The van der Waals surface area contributed by atoms with Crippen LogP contribution in [0, 0.1) is 5.92 Å². The number of hydrogen-bond donors (Lipinski definition) is 3. The largest absolute Gasteiger partial charge is 0.477 e. The van der Waals surface area contributed by atoms with E-state index in [-0.39, 0.29) is 34.5 Å². The number of carbonyl (C=O) groups is 3. The van der Waals surface area contributed by atoms with E-state index in [1.807, 2.05) is 13.8 Å². The van der Waals surface area contributed by atoms with Gasteiger partial charge in [0.15, 0.2) is 5.69 Å². The molecular weight excluding hydrogens is 328 g/mol. The van der Waals surface area contributed by atoms with E-state index in [0.29, 0.717) is 6.54 Å². The number of amides is 2. The third kappa shape index (κ3) is 3.84. The number of carboxylic acids is 1. The van der Waals surface area contributed by atoms with Crippen LogP contribution in [0.1, 0.15) is 45.2 Å². The molecule has 134 valence electrons. The minimum Gasteiger partial charge on any atom is -0.477 e. The lowest BCUT2D eigenvalue weighted by molar-refractivity contribution is 0.0680. The molecule has 2 aromatic heterocycles. The minimum absolute atomic E-state index is 0.104. The molecule has 2 amide bonds. The summed E-state index contributed by atoms with van der Waals surface area (Å²) in [5, 5.41) is 22.2. The number of rotatable bonds is 6. The van der Waals surface area contributed by atoms with Crippen LogP contribution in [0.15, 0.2) is 12.4 Å². The average Bonchev–Trinajstić information content (AvgIpc) is 3.08. The first kappa shape index (κ1) is 18.2. The molecule has 0 unspecified atom stereocenters. The first-order valence-corrected chi connectivity index (χ1v) is 7.59. The van der Waals surface area contributed by atoms with Crippen LogP contribution < -0.4 is 10.6 Å². The number of anilines is 1. The van der Waals surface area contributed by atoms with Crippen molar-refractivity contribution in [1.82, 2.24) is 24.9 Å². The Labute approximate surface area is 143 Å². The van der Waals surface area contributed by atoms with Crippen molar-refractivity contribution in [3.63, 3.8) is 0 Å². The van der Waals surface area contributed by atoms with E-state index in [2.05, 4.69) is 20.8 Å². The molecule has 25 heavy (non-hydrogen) atoms. The molecular formula is C15H20N6O4. The van der Waals surface area contributed by atoms with Gasteiger partial charge >= 0.3 is 5.97 Å². The van der Waals surface area contributed by atoms with Gasteiger partial charge in [-0.3, -0.25) is 19.0 Å². The molecule has 2 aromatic rings. The van der Waals surface area contributed by atoms with Gasteiger partial charge in [0.25, 0.3) is 11.8 Å². The minimum atomic E-state index is -1.27. The summed E-state index contributed by atoms with van der Waals surface area (Å²) in [6.45, 7) is 4.40. The van der Waals surface area contributed by atoms with Crippen LogP contribution >= 0.6 is 0 Å². The van der Waals surface area contributed by atoms with Gasteiger partial charge in [-0.05, 0) is 5.92 Å². The Morgan fingerprint density at radius 1 is 1.08 bits per heavy atom. The average molecular weight is 348 g/mol. The molecule has 0 spiro atoms. The molecule has 0 radical (unpaired) electrons. The maximum Gasteiger partial charge on any atom is 0.354 e. The number of carbonyl (C=O) groups excluding carboxylic acids is 2. The lowest BCUT2D eigenvalue weighted by Crippen LogP contribution is -2.30. The van der Waals surface area contributed by atoms with Gasteiger partial charge in [-0.25, -0.2) is 4.79 Å². The van der Waals surface area contributed by atoms with E-state index in [4.69, 9.17) is 0 Å².